The van der Waals surface area contributed by atoms with Crippen LogP contribution in [0.25, 0.3) is 0 Å². The fourth-order valence-electron chi connectivity index (χ4n) is 2.38. The van der Waals surface area contributed by atoms with Crippen molar-refractivity contribution in [1.29, 1.82) is 0 Å². The third-order valence-corrected chi connectivity index (χ3v) is 3.60. The van der Waals surface area contributed by atoms with Crippen LogP contribution in [0.15, 0.2) is 0 Å². The van der Waals surface area contributed by atoms with Crippen LogP contribution in [0.1, 0.15) is 19.3 Å². The molecule has 0 aromatic carbocycles. The van der Waals surface area contributed by atoms with Crippen LogP contribution in [-0.4, -0.2) is 60.7 Å². The van der Waals surface area contributed by atoms with Crippen LogP contribution in [-0.2, 0) is 14.4 Å². The molecule has 2 aliphatic rings. The lowest BCUT2D eigenvalue weighted by molar-refractivity contribution is -0.142. The summed E-state index contributed by atoms with van der Waals surface area (Å²) in [6.45, 7) is 1.89. The van der Waals surface area contributed by atoms with Gasteiger partial charge in [-0.2, -0.15) is 0 Å². The molecule has 1 N–H and O–H groups in total. The van der Waals surface area contributed by atoms with E-state index in [0.717, 1.165) is 6.42 Å². The fourth-order valence-corrected chi connectivity index (χ4v) is 2.38. The van der Waals surface area contributed by atoms with Crippen molar-refractivity contribution in [3.8, 4) is 0 Å². The Morgan fingerprint density at radius 1 is 1.33 bits per heavy atom. The van der Waals surface area contributed by atoms with E-state index in [2.05, 4.69) is 5.32 Å². The molecule has 1 atom stereocenters. The average molecular weight is 253 g/mol. The van der Waals surface area contributed by atoms with Gasteiger partial charge in [-0.15, -0.1) is 0 Å². The zero-order valence-electron chi connectivity index (χ0n) is 10.6. The number of carbonyl (C=O) groups excluding carboxylic acids is 3. The van der Waals surface area contributed by atoms with Crippen LogP contribution >= 0.6 is 0 Å². The van der Waals surface area contributed by atoms with Crippen LogP contribution in [0.4, 0.5) is 0 Å². The van der Waals surface area contributed by atoms with Gasteiger partial charge in [0.05, 0.1) is 12.5 Å². The van der Waals surface area contributed by atoms with E-state index < -0.39 is 0 Å². The molecule has 2 aliphatic heterocycles. The normalized spacial score (nSPS) is 25.7. The van der Waals surface area contributed by atoms with Crippen LogP contribution < -0.4 is 5.32 Å². The molecule has 2 rings (SSSR count). The van der Waals surface area contributed by atoms with E-state index in [1.165, 1.54) is 0 Å². The Balaban J connectivity index is 1.95. The summed E-state index contributed by atoms with van der Waals surface area (Å²) in [6.07, 6.45) is 1.80. The van der Waals surface area contributed by atoms with Gasteiger partial charge in [0.2, 0.25) is 17.7 Å². The molecule has 0 aromatic rings. The number of rotatable bonds is 1. The maximum atomic E-state index is 12.3. The van der Waals surface area contributed by atoms with Crippen LogP contribution in [0, 0.1) is 5.92 Å². The lowest BCUT2D eigenvalue weighted by Gasteiger charge is -2.28. The van der Waals surface area contributed by atoms with Crippen molar-refractivity contribution < 1.29 is 14.4 Å². The number of nitrogens with zero attached hydrogens (tertiary/aromatic N) is 2. The van der Waals surface area contributed by atoms with Crippen LogP contribution in [0.2, 0.25) is 0 Å². The van der Waals surface area contributed by atoms with Crippen molar-refractivity contribution in [2.24, 2.45) is 5.92 Å². The molecule has 6 heteroatoms. The summed E-state index contributed by atoms with van der Waals surface area (Å²) < 4.78 is 0. The van der Waals surface area contributed by atoms with Crippen LogP contribution in [0.5, 0.6) is 0 Å². The van der Waals surface area contributed by atoms with Gasteiger partial charge in [0, 0.05) is 33.1 Å². The average Bonchev–Trinajstić information content (AvgIpc) is 2.52. The summed E-state index contributed by atoms with van der Waals surface area (Å²) in [7, 11) is 1.76. The Morgan fingerprint density at radius 2 is 2.11 bits per heavy atom. The first-order valence-electron chi connectivity index (χ1n) is 6.37. The Kier molecular flexibility index (Phi) is 3.84. The first-order chi connectivity index (χ1) is 8.58. The minimum atomic E-state index is -0.168. The Bertz CT molecular complexity index is 360. The smallest absolute Gasteiger partial charge is 0.241 e. The summed E-state index contributed by atoms with van der Waals surface area (Å²) in [6, 6.07) is 0. The summed E-state index contributed by atoms with van der Waals surface area (Å²) in [5.74, 6) is -0.177. The fraction of sp³-hybridized carbons (Fsp3) is 0.750. The number of likely N-dealkylation sites (N-methyl/N-ethyl adjacent to an activating group) is 1. The van der Waals surface area contributed by atoms with Crippen molar-refractivity contribution in [2.75, 3.05) is 33.2 Å². The van der Waals surface area contributed by atoms with Crippen molar-refractivity contribution in [2.45, 2.75) is 19.3 Å². The number of amides is 3. The highest BCUT2D eigenvalue weighted by molar-refractivity contribution is 5.88. The molecule has 2 fully saturated rings. The highest BCUT2D eigenvalue weighted by atomic mass is 16.2. The van der Waals surface area contributed by atoms with Gasteiger partial charge in [-0.3, -0.25) is 14.4 Å². The molecule has 0 radical (unpaired) electrons. The number of hydrogen-bond donors (Lipinski definition) is 1. The summed E-state index contributed by atoms with van der Waals surface area (Å²) in [5, 5.41) is 2.71. The van der Waals surface area contributed by atoms with E-state index in [4.69, 9.17) is 0 Å². The number of carbonyl (C=O) groups is 3. The molecule has 100 valence electrons. The molecule has 2 saturated heterocycles. The van der Waals surface area contributed by atoms with E-state index in [0.29, 0.717) is 32.5 Å². The van der Waals surface area contributed by atoms with Gasteiger partial charge in [0.1, 0.15) is 0 Å². The third-order valence-electron chi connectivity index (χ3n) is 3.60. The van der Waals surface area contributed by atoms with Gasteiger partial charge in [-0.1, -0.05) is 0 Å². The molecular formula is C12H19N3O3. The zero-order valence-corrected chi connectivity index (χ0v) is 10.6. The molecule has 0 aromatic heterocycles. The summed E-state index contributed by atoms with van der Waals surface area (Å²) in [5.41, 5.74) is 0. The van der Waals surface area contributed by atoms with Gasteiger partial charge >= 0.3 is 0 Å². The maximum absolute atomic E-state index is 12.3. The number of nitrogens with one attached hydrogen (secondary N) is 1. The SMILES string of the molecule is CN1CCCN(C(=O)C2CCC(=O)NC2)CC1=O. The standard InChI is InChI=1S/C12H19N3O3/c1-14-5-2-6-15(8-11(14)17)12(18)9-3-4-10(16)13-7-9/h9H,2-8H2,1H3,(H,13,16). The van der Waals surface area contributed by atoms with Gasteiger partial charge < -0.3 is 15.1 Å². The quantitative estimate of drug-likeness (QED) is 0.665. The van der Waals surface area contributed by atoms with Crippen molar-refractivity contribution in [3.63, 3.8) is 0 Å². The van der Waals surface area contributed by atoms with E-state index in [1.807, 2.05) is 0 Å². The predicted molar refractivity (Wildman–Crippen MR) is 64.6 cm³/mol. The van der Waals surface area contributed by atoms with E-state index in [9.17, 15) is 14.4 Å². The zero-order chi connectivity index (χ0) is 13.1. The Morgan fingerprint density at radius 3 is 2.78 bits per heavy atom. The van der Waals surface area contributed by atoms with Crippen LogP contribution in [0.3, 0.4) is 0 Å². The number of hydrogen-bond acceptors (Lipinski definition) is 3. The first kappa shape index (κ1) is 12.9. The Hall–Kier alpha value is -1.59. The molecule has 0 bridgehead atoms. The molecule has 0 spiro atoms. The highest BCUT2D eigenvalue weighted by Gasteiger charge is 2.30. The van der Waals surface area contributed by atoms with Gasteiger partial charge in [-0.25, -0.2) is 0 Å². The second-order valence-corrected chi connectivity index (χ2v) is 4.97. The topological polar surface area (TPSA) is 69.7 Å². The largest absolute Gasteiger partial charge is 0.355 e. The van der Waals surface area contributed by atoms with Crippen molar-refractivity contribution in [3.05, 3.63) is 0 Å². The second-order valence-electron chi connectivity index (χ2n) is 4.97. The molecule has 6 nitrogen and oxygen atoms in total. The molecule has 3 amide bonds. The van der Waals surface area contributed by atoms with E-state index in [1.54, 1.807) is 16.8 Å². The monoisotopic (exact) mass is 253 g/mol. The second kappa shape index (κ2) is 5.37. The van der Waals surface area contributed by atoms with Gasteiger partial charge in [0.15, 0.2) is 0 Å². The minimum Gasteiger partial charge on any atom is -0.355 e. The van der Waals surface area contributed by atoms with Crippen molar-refractivity contribution >= 4 is 17.7 Å². The molecule has 0 aliphatic carbocycles. The number of piperidine rings is 1. The molecular weight excluding hydrogens is 234 g/mol. The van der Waals surface area contributed by atoms with E-state index in [-0.39, 0.29) is 30.2 Å². The minimum absolute atomic E-state index is 0.00125. The summed E-state index contributed by atoms with van der Waals surface area (Å²) in [4.78, 5) is 38.4. The summed E-state index contributed by atoms with van der Waals surface area (Å²) >= 11 is 0. The van der Waals surface area contributed by atoms with Gasteiger partial charge in [0.25, 0.3) is 0 Å². The lowest BCUT2D eigenvalue weighted by Crippen LogP contribution is -2.46. The first-order valence-corrected chi connectivity index (χ1v) is 6.37. The molecule has 0 saturated carbocycles. The van der Waals surface area contributed by atoms with Crippen molar-refractivity contribution in [1.82, 2.24) is 15.1 Å². The third kappa shape index (κ3) is 2.80. The van der Waals surface area contributed by atoms with E-state index >= 15 is 0 Å². The molecule has 18 heavy (non-hydrogen) atoms. The molecule has 2 heterocycles. The lowest BCUT2D eigenvalue weighted by atomic mass is 9.97. The predicted octanol–water partition coefficient (Wildman–Crippen LogP) is -0.797. The molecule has 1 unspecified atom stereocenters. The highest BCUT2D eigenvalue weighted by Crippen LogP contribution is 2.15. The Labute approximate surface area is 106 Å². The van der Waals surface area contributed by atoms with Gasteiger partial charge in [-0.05, 0) is 12.8 Å². The maximum Gasteiger partial charge on any atom is 0.241 e.